The standard InChI is InChI=1S/C17H12ClF3N2OS.BrH/c1-9-6-10(2-4-12(9)18)16(24)8-25-15-22-13-7-11(17(19,20)21)3-5-14(13)23(15)16;/h2-7,24H,8H2,1H3;1H. The molecule has 1 N–H and O–H groups in total. The minimum atomic E-state index is -4.43. The number of halogens is 5. The number of imidazole rings is 1. The number of alkyl halides is 3. The quantitative estimate of drug-likeness (QED) is 0.523. The van der Waals surface area contributed by atoms with Crippen molar-refractivity contribution in [3.8, 4) is 0 Å². The molecule has 0 fully saturated rings. The first-order chi connectivity index (χ1) is 11.7. The summed E-state index contributed by atoms with van der Waals surface area (Å²) in [6.07, 6.45) is -4.43. The van der Waals surface area contributed by atoms with Gasteiger partial charge in [0.2, 0.25) is 0 Å². The average Bonchev–Trinajstić information content (AvgIpc) is 3.07. The molecule has 26 heavy (non-hydrogen) atoms. The first kappa shape index (κ1) is 19.5. The van der Waals surface area contributed by atoms with Crippen molar-refractivity contribution in [3.63, 3.8) is 0 Å². The van der Waals surface area contributed by atoms with Crippen LogP contribution in [-0.2, 0) is 11.9 Å². The largest absolute Gasteiger partial charge is 0.416 e. The van der Waals surface area contributed by atoms with Gasteiger partial charge in [0.25, 0.3) is 0 Å². The highest BCUT2D eigenvalue weighted by atomic mass is 79.9. The predicted octanol–water partition coefficient (Wildman–Crippen LogP) is 5.39. The van der Waals surface area contributed by atoms with Crippen molar-refractivity contribution in [2.45, 2.75) is 24.0 Å². The van der Waals surface area contributed by atoms with E-state index in [-0.39, 0.29) is 22.5 Å². The summed E-state index contributed by atoms with van der Waals surface area (Å²) in [5.74, 6) is 0.327. The van der Waals surface area contributed by atoms with Crippen molar-refractivity contribution < 1.29 is 18.3 Å². The second kappa shape index (κ2) is 6.44. The number of nitrogens with zero attached hydrogens (tertiary/aromatic N) is 2. The number of aromatic nitrogens is 2. The van der Waals surface area contributed by atoms with Gasteiger partial charge in [-0.25, -0.2) is 4.98 Å². The highest BCUT2D eigenvalue weighted by Crippen LogP contribution is 2.44. The van der Waals surface area contributed by atoms with Gasteiger partial charge in [-0.15, -0.1) is 17.0 Å². The number of aliphatic hydroxyl groups is 1. The first-order valence-electron chi connectivity index (χ1n) is 7.42. The SMILES string of the molecule is Br.Cc1cc(C2(O)CSc3nc4cc(C(F)(F)F)ccc4n32)ccc1Cl. The zero-order valence-corrected chi connectivity index (χ0v) is 16.6. The van der Waals surface area contributed by atoms with E-state index in [2.05, 4.69) is 4.98 Å². The summed E-state index contributed by atoms with van der Waals surface area (Å²) in [6, 6.07) is 8.58. The van der Waals surface area contributed by atoms with Gasteiger partial charge in [0.05, 0.1) is 22.3 Å². The summed E-state index contributed by atoms with van der Waals surface area (Å²) < 4.78 is 40.3. The van der Waals surface area contributed by atoms with E-state index in [4.69, 9.17) is 11.6 Å². The van der Waals surface area contributed by atoms with Gasteiger partial charge in [-0.2, -0.15) is 13.2 Å². The summed E-state index contributed by atoms with van der Waals surface area (Å²) in [5.41, 5.74) is -0.0318. The van der Waals surface area contributed by atoms with Gasteiger partial charge >= 0.3 is 6.18 Å². The Kier molecular flexibility index (Phi) is 4.84. The number of aryl methyl sites for hydroxylation is 1. The van der Waals surface area contributed by atoms with Crippen LogP contribution in [0.4, 0.5) is 13.2 Å². The maximum Gasteiger partial charge on any atom is 0.416 e. The first-order valence-corrected chi connectivity index (χ1v) is 8.78. The fraction of sp³-hybridized carbons (Fsp3) is 0.235. The Labute approximate surface area is 166 Å². The van der Waals surface area contributed by atoms with Gasteiger partial charge in [0.1, 0.15) is 0 Å². The predicted molar refractivity (Wildman–Crippen MR) is 101 cm³/mol. The molecule has 0 saturated heterocycles. The highest BCUT2D eigenvalue weighted by molar-refractivity contribution is 8.93. The molecular weight excluding hydrogens is 453 g/mol. The number of hydrogen-bond acceptors (Lipinski definition) is 3. The van der Waals surface area contributed by atoms with Crippen LogP contribution in [0.15, 0.2) is 41.6 Å². The fourth-order valence-electron chi connectivity index (χ4n) is 3.02. The van der Waals surface area contributed by atoms with Crippen LogP contribution < -0.4 is 0 Å². The molecule has 9 heteroatoms. The van der Waals surface area contributed by atoms with Crippen LogP contribution in [0.3, 0.4) is 0 Å². The second-order valence-corrected chi connectivity index (χ2v) is 7.35. The molecule has 0 spiro atoms. The Morgan fingerprint density at radius 1 is 1.23 bits per heavy atom. The van der Waals surface area contributed by atoms with Crippen molar-refractivity contribution in [2.75, 3.05) is 5.75 Å². The lowest BCUT2D eigenvalue weighted by atomic mass is 10.0. The van der Waals surface area contributed by atoms with Crippen molar-refractivity contribution >= 4 is 51.4 Å². The molecule has 0 aliphatic carbocycles. The van der Waals surface area contributed by atoms with Crippen LogP contribution in [0.5, 0.6) is 0 Å². The molecule has 0 amide bonds. The topological polar surface area (TPSA) is 38.1 Å². The minimum Gasteiger partial charge on any atom is -0.366 e. The summed E-state index contributed by atoms with van der Waals surface area (Å²) in [4.78, 5) is 4.27. The summed E-state index contributed by atoms with van der Waals surface area (Å²) in [6.45, 7) is 1.83. The van der Waals surface area contributed by atoms with Gasteiger partial charge in [0, 0.05) is 10.6 Å². The van der Waals surface area contributed by atoms with Gasteiger partial charge in [0.15, 0.2) is 10.9 Å². The molecule has 3 aromatic rings. The Morgan fingerprint density at radius 2 is 1.96 bits per heavy atom. The van der Waals surface area contributed by atoms with Gasteiger partial charge < -0.3 is 5.11 Å². The smallest absolute Gasteiger partial charge is 0.366 e. The lowest BCUT2D eigenvalue weighted by Crippen LogP contribution is -2.33. The molecule has 4 rings (SSSR count). The molecule has 3 nitrogen and oxygen atoms in total. The third-order valence-corrected chi connectivity index (χ3v) is 5.85. The van der Waals surface area contributed by atoms with E-state index in [1.54, 1.807) is 22.8 Å². The van der Waals surface area contributed by atoms with Crippen molar-refractivity contribution in [2.24, 2.45) is 0 Å². The molecule has 0 bridgehead atoms. The van der Waals surface area contributed by atoms with Crippen LogP contribution in [-0.4, -0.2) is 20.4 Å². The van der Waals surface area contributed by atoms with E-state index in [9.17, 15) is 18.3 Å². The van der Waals surface area contributed by atoms with Crippen LogP contribution in [0, 0.1) is 6.92 Å². The van der Waals surface area contributed by atoms with E-state index in [1.807, 2.05) is 6.92 Å². The lowest BCUT2D eigenvalue weighted by Gasteiger charge is -2.26. The number of benzene rings is 2. The molecule has 1 aliphatic heterocycles. The minimum absolute atomic E-state index is 0. The summed E-state index contributed by atoms with van der Waals surface area (Å²) in [5, 5.41) is 12.4. The molecule has 0 radical (unpaired) electrons. The monoisotopic (exact) mass is 464 g/mol. The molecule has 2 aromatic carbocycles. The lowest BCUT2D eigenvalue weighted by molar-refractivity contribution is -0.137. The van der Waals surface area contributed by atoms with Crippen molar-refractivity contribution in [3.05, 3.63) is 58.1 Å². The van der Waals surface area contributed by atoms with Crippen LogP contribution >= 0.6 is 40.3 Å². The van der Waals surface area contributed by atoms with Gasteiger partial charge in [-0.1, -0.05) is 29.4 Å². The van der Waals surface area contributed by atoms with E-state index < -0.39 is 17.5 Å². The fourth-order valence-corrected chi connectivity index (χ4v) is 4.31. The highest BCUT2D eigenvalue weighted by Gasteiger charge is 2.42. The van der Waals surface area contributed by atoms with E-state index in [1.165, 1.54) is 17.8 Å². The van der Waals surface area contributed by atoms with E-state index in [0.29, 0.717) is 27.0 Å². The van der Waals surface area contributed by atoms with Crippen LogP contribution in [0.1, 0.15) is 16.7 Å². The number of thioether (sulfide) groups is 1. The zero-order valence-electron chi connectivity index (χ0n) is 13.3. The molecule has 2 heterocycles. The molecule has 138 valence electrons. The zero-order chi connectivity index (χ0) is 18.0. The molecule has 1 aromatic heterocycles. The Morgan fingerprint density at radius 3 is 2.62 bits per heavy atom. The van der Waals surface area contributed by atoms with Gasteiger partial charge in [-0.3, -0.25) is 4.57 Å². The molecular formula is C17H13BrClF3N2OS. The number of hydrogen-bond donors (Lipinski definition) is 1. The number of fused-ring (bicyclic) bond motifs is 3. The van der Waals surface area contributed by atoms with Crippen molar-refractivity contribution in [1.82, 2.24) is 9.55 Å². The summed E-state index contributed by atoms with van der Waals surface area (Å²) >= 11 is 7.36. The third-order valence-electron chi connectivity index (χ3n) is 4.34. The Hall–Kier alpha value is -1.22. The molecule has 0 saturated carbocycles. The maximum atomic E-state index is 12.9. The average molecular weight is 466 g/mol. The second-order valence-electron chi connectivity index (χ2n) is 6.00. The number of rotatable bonds is 1. The van der Waals surface area contributed by atoms with E-state index >= 15 is 0 Å². The van der Waals surface area contributed by atoms with Gasteiger partial charge in [-0.05, 0) is 42.8 Å². The normalized spacial score (nSPS) is 19.5. The van der Waals surface area contributed by atoms with Crippen LogP contribution in [0.25, 0.3) is 11.0 Å². The molecule has 1 unspecified atom stereocenters. The maximum absolute atomic E-state index is 12.9. The Balaban J connectivity index is 0.00000196. The molecule has 1 aliphatic rings. The molecule has 1 atom stereocenters. The van der Waals surface area contributed by atoms with E-state index in [0.717, 1.165) is 17.7 Å². The van der Waals surface area contributed by atoms with Crippen molar-refractivity contribution in [1.29, 1.82) is 0 Å². The third kappa shape index (κ3) is 2.93. The van der Waals surface area contributed by atoms with Crippen LogP contribution in [0.2, 0.25) is 5.02 Å². The Bertz CT molecular complexity index is 1010. The summed E-state index contributed by atoms with van der Waals surface area (Å²) in [7, 11) is 0.